The molecule has 1 atom stereocenters. The van der Waals surface area contributed by atoms with E-state index in [0.29, 0.717) is 17.9 Å². The van der Waals surface area contributed by atoms with Crippen LogP contribution in [0.5, 0.6) is 0 Å². The molecule has 0 bridgehead atoms. The fourth-order valence-corrected chi connectivity index (χ4v) is 2.31. The SMILES string of the molecule is OC[C@H]1CCCC12CC2. The average Bonchev–Trinajstić information content (AvgIpc) is 2.45. The summed E-state index contributed by atoms with van der Waals surface area (Å²) in [4.78, 5) is 0. The second-order valence-electron chi connectivity index (χ2n) is 3.63. The van der Waals surface area contributed by atoms with E-state index in [9.17, 15) is 0 Å². The third-order valence-corrected chi connectivity index (χ3v) is 3.21. The first-order valence-electron chi connectivity index (χ1n) is 3.98. The molecular formula is C8H14O. The van der Waals surface area contributed by atoms with Crippen molar-refractivity contribution in [2.24, 2.45) is 11.3 Å². The van der Waals surface area contributed by atoms with Crippen LogP contribution in [0.4, 0.5) is 0 Å². The fourth-order valence-electron chi connectivity index (χ4n) is 2.31. The molecule has 0 amide bonds. The van der Waals surface area contributed by atoms with Crippen molar-refractivity contribution in [1.29, 1.82) is 0 Å². The van der Waals surface area contributed by atoms with E-state index in [0.717, 1.165) is 0 Å². The van der Waals surface area contributed by atoms with Gasteiger partial charge in [-0.1, -0.05) is 6.42 Å². The minimum absolute atomic E-state index is 0.444. The Morgan fingerprint density at radius 2 is 2.11 bits per heavy atom. The van der Waals surface area contributed by atoms with Gasteiger partial charge in [-0.15, -0.1) is 0 Å². The second kappa shape index (κ2) is 1.72. The molecule has 1 spiro atoms. The Kier molecular flexibility index (Phi) is 1.10. The molecule has 0 unspecified atom stereocenters. The van der Waals surface area contributed by atoms with Crippen molar-refractivity contribution in [3.63, 3.8) is 0 Å². The molecule has 0 saturated heterocycles. The molecule has 2 aliphatic carbocycles. The number of hydrogen-bond donors (Lipinski definition) is 1. The van der Waals surface area contributed by atoms with Crippen LogP contribution in [0.3, 0.4) is 0 Å². The maximum atomic E-state index is 8.94. The molecule has 1 heteroatoms. The normalized spacial score (nSPS) is 37.7. The highest BCUT2D eigenvalue weighted by Gasteiger charge is 2.51. The fraction of sp³-hybridized carbons (Fsp3) is 1.00. The first-order chi connectivity index (χ1) is 4.37. The van der Waals surface area contributed by atoms with Gasteiger partial charge in [0.15, 0.2) is 0 Å². The zero-order valence-electron chi connectivity index (χ0n) is 5.77. The quantitative estimate of drug-likeness (QED) is 0.565. The van der Waals surface area contributed by atoms with Gasteiger partial charge in [0.1, 0.15) is 0 Å². The Balaban J connectivity index is 2.05. The van der Waals surface area contributed by atoms with Crippen LogP contribution >= 0.6 is 0 Å². The van der Waals surface area contributed by atoms with Gasteiger partial charge < -0.3 is 5.11 Å². The van der Waals surface area contributed by atoms with Gasteiger partial charge in [-0.3, -0.25) is 0 Å². The molecule has 1 nitrogen and oxygen atoms in total. The summed E-state index contributed by atoms with van der Waals surface area (Å²) in [5, 5.41) is 8.94. The van der Waals surface area contributed by atoms with E-state index in [4.69, 9.17) is 5.11 Å². The number of hydrogen-bond acceptors (Lipinski definition) is 1. The highest BCUT2D eigenvalue weighted by Crippen LogP contribution is 2.60. The summed E-state index contributed by atoms with van der Waals surface area (Å²) >= 11 is 0. The predicted molar refractivity (Wildman–Crippen MR) is 36.1 cm³/mol. The van der Waals surface area contributed by atoms with E-state index in [1.807, 2.05) is 0 Å². The van der Waals surface area contributed by atoms with Crippen molar-refractivity contribution in [2.75, 3.05) is 6.61 Å². The second-order valence-corrected chi connectivity index (χ2v) is 3.63. The molecule has 0 aromatic heterocycles. The van der Waals surface area contributed by atoms with Crippen molar-refractivity contribution in [1.82, 2.24) is 0 Å². The summed E-state index contributed by atoms with van der Waals surface area (Å²) in [6.45, 7) is 0.444. The molecule has 1 N–H and O–H groups in total. The third-order valence-electron chi connectivity index (χ3n) is 3.21. The molecule has 2 aliphatic rings. The van der Waals surface area contributed by atoms with Crippen LogP contribution in [-0.4, -0.2) is 11.7 Å². The van der Waals surface area contributed by atoms with E-state index in [2.05, 4.69) is 0 Å². The van der Waals surface area contributed by atoms with Gasteiger partial charge in [0.25, 0.3) is 0 Å². The zero-order valence-corrected chi connectivity index (χ0v) is 5.77. The molecule has 0 aromatic rings. The number of rotatable bonds is 1. The molecule has 2 fully saturated rings. The Morgan fingerprint density at radius 1 is 1.33 bits per heavy atom. The molecule has 0 radical (unpaired) electrons. The van der Waals surface area contributed by atoms with Crippen molar-refractivity contribution in [3.05, 3.63) is 0 Å². The summed E-state index contributed by atoms with van der Waals surface area (Å²) in [5.74, 6) is 0.678. The van der Waals surface area contributed by atoms with Crippen molar-refractivity contribution < 1.29 is 5.11 Å². The Morgan fingerprint density at radius 3 is 2.56 bits per heavy atom. The molecule has 0 aliphatic heterocycles. The van der Waals surface area contributed by atoms with Crippen molar-refractivity contribution >= 4 is 0 Å². The lowest BCUT2D eigenvalue weighted by Crippen LogP contribution is -2.12. The van der Waals surface area contributed by atoms with E-state index in [1.54, 1.807) is 0 Å². The van der Waals surface area contributed by atoms with Crippen molar-refractivity contribution in [3.8, 4) is 0 Å². The van der Waals surface area contributed by atoms with Gasteiger partial charge in [0.05, 0.1) is 0 Å². The lowest BCUT2D eigenvalue weighted by Gasteiger charge is -2.13. The van der Waals surface area contributed by atoms with Gasteiger partial charge in [-0.05, 0) is 37.0 Å². The van der Waals surface area contributed by atoms with Crippen LogP contribution in [0.1, 0.15) is 32.1 Å². The largest absolute Gasteiger partial charge is 0.396 e. The molecule has 2 rings (SSSR count). The van der Waals surface area contributed by atoms with Crippen LogP contribution < -0.4 is 0 Å². The van der Waals surface area contributed by atoms with Crippen molar-refractivity contribution in [2.45, 2.75) is 32.1 Å². The minimum atomic E-state index is 0.444. The molecule has 0 heterocycles. The van der Waals surface area contributed by atoms with E-state index in [-0.39, 0.29) is 0 Å². The topological polar surface area (TPSA) is 20.2 Å². The van der Waals surface area contributed by atoms with Gasteiger partial charge in [-0.25, -0.2) is 0 Å². The van der Waals surface area contributed by atoms with Gasteiger partial charge in [-0.2, -0.15) is 0 Å². The summed E-state index contributed by atoms with van der Waals surface area (Å²) in [5.41, 5.74) is 0.661. The Hall–Kier alpha value is -0.0400. The summed E-state index contributed by atoms with van der Waals surface area (Å²) in [6, 6.07) is 0. The predicted octanol–water partition coefficient (Wildman–Crippen LogP) is 1.56. The number of aliphatic hydroxyl groups excluding tert-OH is 1. The zero-order chi connectivity index (χ0) is 6.32. The molecule has 2 saturated carbocycles. The van der Waals surface area contributed by atoms with Gasteiger partial charge in [0.2, 0.25) is 0 Å². The van der Waals surface area contributed by atoms with Crippen LogP contribution in [0.2, 0.25) is 0 Å². The molecule has 9 heavy (non-hydrogen) atoms. The molecular weight excluding hydrogens is 112 g/mol. The van der Waals surface area contributed by atoms with E-state index < -0.39 is 0 Å². The average molecular weight is 126 g/mol. The highest BCUT2D eigenvalue weighted by atomic mass is 16.3. The van der Waals surface area contributed by atoms with Gasteiger partial charge >= 0.3 is 0 Å². The molecule has 0 aromatic carbocycles. The smallest absolute Gasteiger partial charge is 0.0464 e. The maximum absolute atomic E-state index is 8.94. The van der Waals surface area contributed by atoms with Crippen LogP contribution in [0, 0.1) is 11.3 Å². The first-order valence-corrected chi connectivity index (χ1v) is 3.98. The lowest BCUT2D eigenvalue weighted by molar-refractivity contribution is 0.184. The highest BCUT2D eigenvalue weighted by molar-refractivity contribution is 5.01. The van der Waals surface area contributed by atoms with E-state index in [1.165, 1.54) is 32.1 Å². The lowest BCUT2D eigenvalue weighted by atomic mass is 9.94. The van der Waals surface area contributed by atoms with E-state index >= 15 is 0 Å². The summed E-state index contributed by atoms with van der Waals surface area (Å²) in [6.07, 6.45) is 6.86. The molecule has 52 valence electrons. The Labute approximate surface area is 56.1 Å². The van der Waals surface area contributed by atoms with Crippen LogP contribution in [-0.2, 0) is 0 Å². The minimum Gasteiger partial charge on any atom is -0.396 e. The third kappa shape index (κ3) is 0.710. The maximum Gasteiger partial charge on any atom is 0.0464 e. The number of aliphatic hydroxyl groups is 1. The monoisotopic (exact) mass is 126 g/mol. The Bertz CT molecular complexity index is 116. The summed E-state index contributed by atoms with van der Waals surface area (Å²) < 4.78 is 0. The standard InChI is InChI=1S/C8H14O/c9-6-7-2-1-3-8(7)4-5-8/h7,9H,1-6H2/t7-/m1/s1. The summed E-state index contributed by atoms with van der Waals surface area (Å²) in [7, 11) is 0. The van der Waals surface area contributed by atoms with Crippen LogP contribution in [0.25, 0.3) is 0 Å². The first kappa shape index (κ1) is 5.72. The van der Waals surface area contributed by atoms with Crippen LogP contribution in [0.15, 0.2) is 0 Å². The van der Waals surface area contributed by atoms with Gasteiger partial charge in [0, 0.05) is 6.61 Å².